The predicted molar refractivity (Wildman–Crippen MR) is 52.0 cm³/mol. The van der Waals surface area contributed by atoms with Gasteiger partial charge in [-0.2, -0.15) is 17.9 Å². The Labute approximate surface area is 83.9 Å². The van der Waals surface area contributed by atoms with Crippen molar-refractivity contribution in [3.63, 3.8) is 0 Å². The maximum Gasteiger partial charge on any atom is 0.321 e. The zero-order valence-corrected chi connectivity index (χ0v) is 9.26. The lowest BCUT2D eigenvalue weighted by atomic mass is 10.2. The van der Waals surface area contributed by atoms with E-state index in [9.17, 15) is 13.2 Å². The van der Waals surface area contributed by atoms with Gasteiger partial charge in [0.15, 0.2) is 0 Å². The summed E-state index contributed by atoms with van der Waals surface area (Å²) in [5.41, 5.74) is 0. The van der Waals surface area contributed by atoms with E-state index < -0.39 is 22.2 Å². The monoisotopic (exact) mass is 224 g/mol. The van der Waals surface area contributed by atoms with Gasteiger partial charge < -0.3 is 5.11 Å². The molecule has 0 radical (unpaired) electrons. The zero-order valence-electron chi connectivity index (χ0n) is 8.44. The van der Waals surface area contributed by atoms with E-state index in [1.54, 1.807) is 20.8 Å². The molecule has 0 aliphatic carbocycles. The first-order valence-electron chi connectivity index (χ1n) is 4.31. The Morgan fingerprint density at radius 2 is 1.86 bits per heavy atom. The number of carbonyl (C=O) groups is 1. The molecule has 7 heteroatoms. The number of hydrogen-bond acceptors (Lipinski definition) is 3. The van der Waals surface area contributed by atoms with E-state index in [1.807, 2.05) is 4.72 Å². The van der Waals surface area contributed by atoms with Crippen molar-refractivity contribution in [2.45, 2.75) is 39.3 Å². The van der Waals surface area contributed by atoms with Crippen molar-refractivity contribution in [2.75, 3.05) is 0 Å². The highest BCUT2D eigenvalue weighted by Crippen LogP contribution is 1.94. The van der Waals surface area contributed by atoms with Gasteiger partial charge in [0.1, 0.15) is 6.04 Å². The first kappa shape index (κ1) is 13.3. The van der Waals surface area contributed by atoms with E-state index in [-0.39, 0.29) is 12.5 Å². The van der Waals surface area contributed by atoms with Gasteiger partial charge >= 0.3 is 5.97 Å². The molecule has 1 atom stereocenters. The fourth-order valence-electron chi connectivity index (χ4n) is 0.840. The Morgan fingerprint density at radius 3 is 2.14 bits per heavy atom. The Balaban J connectivity index is 4.41. The van der Waals surface area contributed by atoms with Crippen LogP contribution in [0.5, 0.6) is 0 Å². The van der Waals surface area contributed by atoms with Crippen LogP contribution in [0.1, 0.15) is 27.2 Å². The average molecular weight is 224 g/mol. The van der Waals surface area contributed by atoms with Crippen LogP contribution in [0.4, 0.5) is 0 Å². The highest BCUT2D eigenvalue weighted by atomic mass is 32.2. The standard InChI is InChI=1S/C7H16N2O4S/c1-4-6(7(10)11)9-14(12,13)8-5(2)3/h5-6,8-9H,4H2,1-3H3,(H,10,11). The Morgan fingerprint density at radius 1 is 1.36 bits per heavy atom. The molecular weight excluding hydrogens is 208 g/mol. The van der Waals surface area contributed by atoms with E-state index in [4.69, 9.17) is 5.11 Å². The van der Waals surface area contributed by atoms with E-state index >= 15 is 0 Å². The predicted octanol–water partition coefficient (Wildman–Crippen LogP) is -0.318. The van der Waals surface area contributed by atoms with Crippen molar-refractivity contribution >= 4 is 16.2 Å². The van der Waals surface area contributed by atoms with Crippen LogP contribution in [-0.4, -0.2) is 31.6 Å². The molecule has 0 aromatic rings. The molecule has 0 aromatic carbocycles. The minimum Gasteiger partial charge on any atom is -0.480 e. The summed E-state index contributed by atoms with van der Waals surface area (Å²) in [5.74, 6) is -1.18. The SMILES string of the molecule is CCC(NS(=O)(=O)NC(C)C)C(=O)O. The van der Waals surface area contributed by atoms with Gasteiger partial charge in [0.05, 0.1) is 0 Å². The highest BCUT2D eigenvalue weighted by molar-refractivity contribution is 7.87. The molecule has 0 rings (SSSR count). The molecule has 0 aliphatic rings. The number of nitrogens with one attached hydrogen (secondary N) is 2. The maximum atomic E-state index is 11.2. The third-order valence-corrected chi connectivity index (χ3v) is 2.77. The minimum atomic E-state index is -3.72. The van der Waals surface area contributed by atoms with Crippen molar-refractivity contribution < 1.29 is 18.3 Å². The van der Waals surface area contributed by atoms with Crippen LogP contribution in [0.2, 0.25) is 0 Å². The largest absolute Gasteiger partial charge is 0.480 e. The van der Waals surface area contributed by atoms with Gasteiger partial charge in [-0.3, -0.25) is 4.79 Å². The molecule has 0 aliphatic heterocycles. The molecule has 6 nitrogen and oxygen atoms in total. The molecule has 0 saturated carbocycles. The van der Waals surface area contributed by atoms with Crippen molar-refractivity contribution in [3.05, 3.63) is 0 Å². The van der Waals surface area contributed by atoms with Crippen molar-refractivity contribution in [1.82, 2.24) is 9.44 Å². The molecular formula is C7H16N2O4S. The van der Waals surface area contributed by atoms with Crippen LogP contribution in [0, 0.1) is 0 Å². The number of carboxylic acid groups (broad SMARTS) is 1. The van der Waals surface area contributed by atoms with Crippen LogP contribution in [0.3, 0.4) is 0 Å². The minimum absolute atomic E-state index is 0.203. The summed E-state index contributed by atoms with van der Waals surface area (Å²) in [7, 11) is -3.72. The molecule has 0 aromatic heterocycles. The smallest absolute Gasteiger partial charge is 0.321 e. The number of rotatable bonds is 6. The Hall–Kier alpha value is -0.660. The van der Waals surface area contributed by atoms with Gasteiger partial charge in [0, 0.05) is 6.04 Å². The quantitative estimate of drug-likeness (QED) is 0.576. The average Bonchev–Trinajstić information content (AvgIpc) is 1.97. The van der Waals surface area contributed by atoms with Crippen molar-refractivity contribution in [1.29, 1.82) is 0 Å². The molecule has 0 amide bonds. The second-order valence-corrected chi connectivity index (χ2v) is 4.67. The summed E-state index contributed by atoms with van der Waals surface area (Å²) in [6.45, 7) is 4.90. The molecule has 0 heterocycles. The van der Waals surface area contributed by atoms with Crippen LogP contribution in [0.25, 0.3) is 0 Å². The molecule has 0 bridgehead atoms. The molecule has 14 heavy (non-hydrogen) atoms. The first-order chi connectivity index (χ1) is 6.28. The Bertz CT molecular complexity index is 286. The van der Waals surface area contributed by atoms with Gasteiger partial charge in [-0.15, -0.1) is 0 Å². The Kier molecular flexibility index (Phi) is 5.03. The fourth-order valence-corrected chi connectivity index (χ4v) is 2.17. The van der Waals surface area contributed by atoms with E-state index in [2.05, 4.69) is 4.72 Å². The normalized spacial score (nSPS) is 14.3. The van der Waals surface area contributed by atoms with Crippen molar-refractivity contribution in [3.8, 4) is 0 Å². The zero-order chi connectivity index (χ0) is 11.4. The fraction of sp³-hybridized carbons (Fsp3) is 0.857. The highest BCUT2D eigenvalue weighted by Gasteiger charge is 2.22. The molecule has 0 fully saturated rings. The summed E-state index contributed by atoms with van der Waals surface area (Å²) in [4.78, 5) is 10.5. The van der Waals surface area contributed by atoms with Crippen LogP contribution >= 0.6 is 0 Å². The third kappa shape index (κ3) is 5.15. The van der Waals surface area contributed by atoms with Crippen LogP contribution < -0.4 is 9.44 Å². The van der Waals surface area contributed by atoms with Crippen LogP contribution in [-0.2, 0) is 15.0 Å². The van der Waals surface area contributed by atoms with E-state index in [0.29, 0.717) is 0 Å². The van der Waals surface area contributed by atoms with Gasteiger partial charge in [-0.05, 0) is 20.3 Å². The molecule has 84 valence electrons. The molecule has 0 spiro atoms. The van der Waals surface area contributed by atoms with Crippen LogP contribution in [0.15, 0.2) is 0 Å². The number of carboxylic acids is 1. The first-order valence-corrected chi connectivity index (χ1v) is 5.79. The van der Waals surface area contributed by atoms with Crippen molar-refractivity contribution in [2.24, 2.45) is 0 Å². The molecule has 3 N–H and O–H groups in total. The lowest BCUT2D eigenvalue weighted by molar-refractivity contribution is -0.139. The summed E-state index contributed by atoms with van der Waals surface area (Å²) in [6, 6.07) is -1.34. The topological polar surface area (TPSA) is 95.5 Å². The summed E-state index contributed by atoms with van der Waals surface area (Å²) < 4.78 is 26.7. The van der Waals surface area contributed by atoms with E-state index in [1.165, 1.54) is 0 Å². The lowest BCUT2D eigenvalue weighted by Crippen LogP contribution is -2.47. The number of aliphatic carboxylic acids is 1. The van der Waals surface area contributed by atoms with E-state index in [0.717, 1.165) is 0 Å². The van der Waals surface area contributed by atoms with Gasteiger partial charge in [0.25, 0.3) is 10.2 Å². The third-order valence-electron chi connectivity index (χ3n) is 1.39. The van der Waals surface area contributed by atoms with Gasteiger partial charge in [-0.25, -0.2) is 0 Å². The molecule has 1 unspecified atom stereocenters. The van der Waals surface area contributed by atoms with Gasteiger partial charge in [0.2, 0.25) is 0 Å². The second-order valence-electron chi connectivity index (χ2n) is 3.19. The summed E-state index contributed by atoms with van der Waals surface area (Å²) in [6.07, 6.45) is 0.203. The number of hydrogen-bond donors (Lipinski definition) is 3. The molecule has 0 saturated heterocycles. The lowest BCUT2D eigenvalue weighted by Gasteiger charge is -2.14. The maximum absolute atomic E-state index is 11.2. The summed E-state index contributed by atoms with van der Waals surface area (Å²) >= 11 is 0. The summed E-state index contributed by atoms with van der Waals surface area (Å²) in [5, 5.41) is 8.62. The second kappa shape index (κ2) is 5.28. The van der Waals surface area contributed by atoms with Gasteiger partial charge in [-0.1, -0.05) is 6.92 Å².